The van der Waals surface area contributed by atoms with Gasteiger partial charge in [-0.3, -0.25) is 13.8 Å². The van der Waals surface area contributed by atoms with Gasteiger partial charge >= 0.3 is 0 Å². The standard InChI is InChI=1S/C14H18ClN3O/c1-10-7-13(19)18(11-5-3-2-4-6-11)14-12(10)8-17(15)9-16-14/h7-8,11H,2-6,9H2,1H3. The van der Waals surface area contributed by atoms with E-state index in [0.717, 1.165) is 29.1 Å². The van der Waals surface area contributed by atoms with Crippen LogP contribution in [0.25, 0.3) is 6.20 Å². The number of nitrogens with zero attached hydrogens (tertiary/aromatic N) is 3. The van der Waals surface area contributed by atoms with Crippen LogP contribution >= 0.6 is 11.8 Å². The van der Waals surface area contributed by atoms with E-state index in [1.54, 1.807) is 6.07 Å². The third-order valence-corrected chi connectivity index (χ3v) is 4.24. The lowest BCUT2D eigenvalue weighted by Gasteiger charge is -2.25. The van der Waals surface area contributed by atoms with Crippen molar-refractivity contribution in [3.8, 4) is 0 Å². The van der Waals surface area contributed by atoms with E-state index in [1.807, 2.05) is 17.7 Å². The summed E-state index contributed by atoms with van der Waals surface area (Å²) >= 11 is 5.99. The summed E-state index contributed by atoms with van der Waals surface area (Å²) < 4.78 is 3.42. The third kappa shape index (κ3) is 2.29. The fraction of sp³-hybridized carbons (Fsp3) is 0.571. The maximum Gasteiger partial charge on any atom is 0.252 e. The number of fused-ring (bicyclic) bond motifs is 1. The largest absolute Gasteiger partial charge is 0.290 e. The van der Waals surface area contributed by atoms with Crippen LogP contribution < -0.4 is 16.3 Å². The molecule has 2 heterocycles. The van der Waals surface area contributed by atoms with Crippen LogP contribution in [0.4, 0.5) is 0 Å². The smallest absolute Gasteiger partial charge is 0.252 e. The van der Waals surface area contributed by atoms with Crippen LogP contribution in [0.3, 0.4) is 0 Å². The number of hydrogen-bond donors (Lipinski definition) is 0. The van der Waals surface area contributed by atoms with E-state index in [-0.39, 0.29) is 5.56 Å². The van der Waals surface area contributed by atoms with Crippen LogP contribution in [0, 0.1) is 6.92 Å². The second kappa shape index (κ2) is 5.00. The molecule has 3 rings (SSSR count). The van der Waals surface area contributed by atoms with Gasteiger partial charge in [0, 0.05) is 35.3 Å². The molecule has 1 aromatic rings. The summed E-state index contributed by atoms with van der Waals surface area (Å²) in [7, 11) is 0. The molecule has 0 amide bonds. The van der Waals surface area contributed by atoms with Crippen molar-refractivity contribution in [2.75, 3.05) is 6.67 Å². The van der Waals surface area contributed by atoms with E-state index in [0.29, 0.717) is 12.7 Å². The van der Waals surface area contributed by atoms with Crippen molar-refractivity contribution in [3.05, 3.63) is 32.7 Å². The zero-order valence-corrected chi connectivity index (χ0v) is 11.9. The molecule has 4 nitrogen and oxygen atoms in total. The van der Waals surface area contributed by atoms with E-state index in [2.05, 4.69) is 4.99 Å². The van der Waals surface area contributed by atoms with Crippen molar-refractivity contribution in [2.24, 2.45) is 4.99 Å². The third-order valence-electron chi connectivity index (χ3n) is 4.04. The Morgan fingerprint density at radius 2 is 2.05 bits per heavy atom. The van der Waals surface area contributed by atoms with Crippen molar-refractivity contribution in [3.63, 3.8) is 0 Å². The van der Waals surface area contributed by atoms with Crippen molar-refractivity contribution in [2.45, 2.75) is 45.1 Å². The molecule has 5 heteroatoms. The van der Waals surface area contributed by atoms with E-state index < -0.39 is 0 Å². The topological polar surface area (TPSA) is 37.6 Å². The molecule has 0 atom stereocenters. The van der Waals surface area contributed by atoms with Crippen LogP contribution in [0.15, 0.2) is 15.9 Å². The van der Waals surface area contributed by atoms with Crippen LogP contribution in [0.2, 0.25) is 0 Å². The molecular weight excluding hydrogens is 262 g/mol. The molecule has 2 aliphatic rings. The van der Waals surface area contributed by atoms with Gasteiger partial charge in [0.2, 0.25) is 0 Å². The van der Waals surface area contributed by atoms with Crippen LogP contribution in [-0.2, 0) is 0 Å². The van der Waals surface area contributed by atoms with E-state index in [9.17, 15) is 4.79 Å². The van der Waals surface area contributed by atoms with E-state index in [1.165, 1.54) is 23.7 Å². The SMILES string of the molecule is Cc1cc(=O)n(C2CCCCC2)c2c1=CN(Cl)CN=2. The molecule has 1 saturated carbocycles. The number of halogens is 1. The lowest BCUT2D eigenvalue weighted by atomic mass is 9.95. The second-order valence-electron chi connectivity index (χ2n) is 5.39. The Labute approximate surface area is 117 Å². The van der Waals surface area contributed by atoms with Gasteiger partial charge in [-0.15, -0.1) is 0 Å². The van der Waals surface area contributed by atoms with Gasteiger partial charge in [0.05, 0.1) is 0 Å². The summed E-state index contributed by atoms with van der Waals surface area (Å²) in [5, 5.41) is 0.978. The molecule has 0 spiro atoms. The van der Waals surface area contributed by atoms with Gasteiger partial charge in [0.25, 0.3) is 5.56 Å². The predicted octanol–water partition coefficient (Wildman–Crippen LogP) is 1.45. The second-order valence-corrected chi connectivity index (χ2v) is 5.83. The van der Waals surface area contributed by atoms with Crippen molar-refractivity contribution < 1.29 is 0 Å². The number of pyridine rings is 1. The number of aromatic nitrogens is 1. The Morgan fingerprint density at radius 1 is 1.32 bits per heavy atom. The highest BCUT2D eigenvalue weighted by molar-refractivity contribution is 6.15. The predicted molar refractivity (Wildman–Crippen MR) is 75.4 cm³/mol. The van der Waals surface area contributed by atoms with Gasteiger partial charge in [0.15, 0.2) is 0 Å². The van der Waals surface area contributed by atoms with E-state index in [4.69, 9.17) is 11.8 Å². The minimum atomic E-state index is 0.0725. The highest BCUT2D eigenvalue weighted by Gasteiger charge is 2.19. The normalized spacial score (nSPS) is 19.6. The molecule has 0 radical (unpaired) electrons. The number of aryl methyl sites for hydroxylation is 1. The van der Waals surface area contributed by atoms with Gasteiger partial charge in [-0.1, -0.05) is 19.3 Å². The van der Waals surface area contributed by atoms with Crippen molar-refractivity contribution in [1.29, 1.82) is 0 Å². The molecule has 0 unspecified atom stereocenters. The Bertz CT molecular complexity index is 658. The van der Waals surface area contributed by atoms with Gasteiger partial charge < -0.3 is 0 Å². The summed E-state index contributed by atoms with van der Waals surface area (Å²) in [6.07, 6.45) is 7.71. The molecule has 0 bridgehead atoms. The van der Waals surface area contributed by atoms with Gasteiger partial charge in [-0.25, -0.2) is 4.99 Å². The average Bonchev–Trinajstić information content (AvgIpc) is 2.41. The molecule has 1 fully saturated rings. The minimum Gasteiger partial charge on any atom is -0.290 e. The van der Waals surface area contributed by atoms with Gasteiger partial charge in [-0.05, 0) is 25.3 Å². The number of rotatable bonds is 1. The Balaban J connectivity index is 2.23. The van der Waals surface area contributed by atoms with Crippen molar-refractivity contribution >= 4 is 18.0 Å². The first-order valence-corrected chi connectivity index (χ1v) is 7.21. The minimum absolute atomic E-state index is 0.0725. The zero-order chi connectivity index (χ0) is 13.4. The molecule has 0 N–H and O–H groups in total. The molecular formula is C14H18ClN3O. The fourth-order valence-electron chi connectivity index (χ4n) is 3.07. The summed E-state index contributed by atoms with van der Waals surface area (Å²) in [4.78, 5) is 16.8. The molecule has 1 aromatic heterocycles. The fourth-order valence-corrected chi connectivity index (χ4v) is 3.22. The summed E-state index contributed by atoms with van der Waals surface area (Å²) in [6, 6.07) is 2.00. The molecule has 102 valence electrons. The van der Waals surface area contributed by atoms with Gasteiger partial charge in [0.1, 0.15) is 12.2 Å². The highest BCUT2D eigenvalue weighted by atomic mass is 35.5. The quantitative estimate of drug-likeness (QED) is 0.730. The molecule has 1 aliphatic carbocycles. The molecule has 1 aliphatic heterocycles. The first kappa shape index (κ1) is 12.7. The summed E-state index contributed by atoms with van der Waals surface area (Å²) in [6.45, 7) is 2.34. The van der Waals surface area contributed by atoms with Crippen molar-refractivity contribution in [1.82, 2.24) is 8.99 Å². The molecule has 0 saturated heterocycles. The molecule has 0 aromatic carbocycles. The maximum absolute atomic E-state index is 12.3. The lowest BCUT2D eigenvalue weighted by molar-refractivity contribution is 0.334. The van der Waals surface area contributed by atoms with Crippen LogP contribution in [-0.4, -0.2) is 15.7 Å². The Hall–Kier alpha value is -1.29. The first-order valence-electron chi connectivity index (χ1n) is 6.88. The van der Waals surface area contributed by atoms with E-state index >= 15 is 0 Å². The Morgan fingerprint density at radius 3 is 2.79 bits per heavy atom. The van der Waals surface area contributed by atoms with Crippen LogP contribution in [0.1, 0.15) is 43.7 Å². The molecule has 19 heavy (non-hydrogen) atoms. The van der Waals surface area contributed by atoms with Gasteiger partial charge in [-0.2, -0.15) is 0 Å². The highest BCUT2D eigenvalue weighted by Crippen LogP contribution is 2.25. The Kier molecular flexibility index (Phi) is 3.35. The lowest BCUT2D eigenvalue weighted by Crippen LogP contribution is -2.49. The number of hydrogen-bond acceptors (Lipinski definition) is 3. The maximum atomic E-state index is 12.3. The summed E-state index contributed by atoms with van der Waals surface area (Å²) in [5.74, 6) is 0. The zero-order valence-electron chi connectivity index (χ0n) is 11.1. The van der Waals surface area contributed by atoms with Crippen LogP contribution in [0.5, 0.6) is 0 Å². The average molecular weight is 280 g/mol. The summed E-state index contributed by atoms with van der Waals surface area (Å²) in [5.41, 5.74) is 1.83. The first-order chi connectivity index (χ1) is 9.16. The monoisotopic (exact) mass is 279 g/mol.